The normalized spacial score (nSPS) is 26.5. The first-order chi connectivity index (χ1) is 12.3. The van der Waals surface area contributed by atoms with E-state index < -0.39 is 10.0 Å². The molecule has 1 aromatic carbocycles. The van der Waals surface area contributed by atoms with E-state index in [9.17, 15) is 13.2 Å². The number of nitrogens with zero attached hydrogens (tertiary/aromatic N) is 3. The average Bonchev–Trinajstić information content (AvgIpc) is 3.52. The van der Waals surface area contributed by atoms with Crippen LogP contribution in [0, 0.1) is 5.92 Å². The molecule has 1 atom stereocenters. The number of fused-ring (bicyclic) bond motifs is 3. The molecule has 138 valence electrons. The molecule has 4 aliphatic rings. The second-order valence-electron chi connectivity index (χ2n) is 8.12. The van der Waals surface area contributed by atoms with Crippen LogP contribution in [-0.4, -0.2) is 50.4 Å². The fourth-order valence-electron chi connectivity index (χ4n) is 3.88. The minimum atomic E-state index is -3.64. The van der Waals surface area contributed by atoms with Crippen LogP contribution in [0.4, 0.5) is 5.69 Å². The van der Waals surface area contributed by atoms with Crippen molar-refractivity contribution in [1.82, 2.24) is 9.62 Å². The highest BCUT2D eigenvalue weighted by Gasteiger charge is 2.46. The quantitative estimate of drug-likeness (QED) is 0.867. The van der Waals surface area contributed by atoms with Gasteiger partial charge in [-0.1, -0.05) is 0 Å². The van der Waals surface area contributed by atoms with E-state index in [-0.39, 0.29) is 22.4 Å². The summed E-state index contributed by atoms with van der Waals surface area (Å²) >= 11 is 0. The Hall–Kier alpha value is -1.93. The SMILES string of the molecule is CN1C(=O)c2cc(S(=O)(=O)NC3(C)CC3)ccc2N2C1=NCC2C1CC1. The molecule has 1 amide bonds. The van der Waals surface area contributed by atoms with Crippen molar-refractivity contribution in [1.29, 1.82) is 0 Å². The number of sulfonamides is 1. The largest absolute Gasteiger partial charge is 0.306 e. The summed E-state index contributed by atoms with van der Waals surface area (Å²) in [4.78, 5) is 21.2. The standard InChI is InChI=1S/C18H22N4O3S/c1-18(7-8-18)20-26(24,25)12-5-6-14-13(9-12)16(23)21(2)17-19-10-15(22(14)17)11-3-4-11/h5-6,9,11,15,20H,3-4,7-8,10H2,1-2H3. The summed E-state index contributed by atoms with van der Waals surface area (Å²) in [5.74, 6) is 1.07. The van der Waals surface area contributed by atoms with Crippen molar-refractivity contribution < 1.29 is 13.2 Å². The van der Waals surface area contributed by atoms with Crippen LogP contribution in [0.15, 0.2) is 28.1 Å². The topological polar surface area (TPSA) is 82.1 Å². The predicted molar refractivity (Wildman–Crippen MR) is 97.8 cm³/mol. The number of amides is 1. The van der Waals surface area contributed by atoms with Gasteiger partial charge in [-0.25, -0.2) is 13.1 Å². The van der Waals surface area contributed by atoms with E-state index in [1.165, 1.54) is 23.8 Å². The molecule has 26 heavy (non-hydrogen) atoms. The number of hydrogen-bond acceptors (Lipinski definition) is 5. The molecule has 0 aromatic heterocycles. The molecule has 0 bridgehead atoms. The van der Waals surface area contributed by atoms with Crippen LogP contribution in [0.2, 0.25) is 0 Å². The van der Waals surface area contributed by atoms with Crippen molar-refractivity contribution in [3.8, 4) is 0 Å². The van der Waals surface area contributed by atoms with E-state index in [0.717, 1.165) is 18.5 Å². The molecule has 2 aliphatic heterocycles. The molecular weight excluding hydrogens is 352 g/mol. The van der Waals surface area contributed by atoms with Gasteiger partial charge in [0.2, 0.25) is 16.0 Å². The van der Waals surface area contributed by atoms with Gasteiger partial charge in [0.1, 0.15) is 0 Å². The predicted octanol–water partition coefficient (Wildman–Crippen LogP) is 1.56. The molecule has 1 N–H and O–H groups in total. The Kier molecular flexibility index (Phi) is 3.17. The third-order valence-electron chi connectivity index (χ3n) is 5.89. The smallest absolute Gasteiger partial charge is 0.262 e. The molecular formula is C18H22N4O3S. The molecule has 0 saturated heterocycles. The summed E-state index contributed by atoms with van der Waals surface area (Å²) in [6.45, 7) is 2.59. The highest BCUT2D eigenvalue weighted by Crippen LogP contribution is 2.43. The minimum absolute atomic E-state index is 0.147. The molecule has 8 heteroatoms. The molecule has 2 aliphatic carbocycles. The van der Waals surface area contributed by atoms with Crippen molar-refractivity contribution >= 4 is 27.6 Å². The Balaban J connectivity index is 1.57. The van der Waals surface area contributed by atoms with E-state index in [0.29, 0.717) is 24.0 Å². The number of benzene rings is 1. The maximum Gasteiger partial charge on any atom is 0.262 e. The van der Waals surface area contributed by atoms with Gasteiger partial charge in [-0.15, -0.1) is 0 Å². The van der Waals surface area contributed by atoms with E-state index in [1.807, 2.05) is 6.92 Å². The van der Waals surface area contributed by atoms with Gasteiger partial charge in [0.15, 0.2) is 0 Å². The first-order valence-electron chi connectivity index (χ1n) is 9.09. The molecule has 0 spiro atoms. The Morgan fingerprint density at radius 3 is 2.65 bits per heavy atom. The van der Waals surface area contributed by atoms with Gasteiger partial charge in [0.05, 0.1) is 28.7 Å². The first kappa shape index (κ1) is 16.3. The minimum Gasteiger partial charge on any atom is -0.306 e. The number of carbonyl (C=O) groups excluding carboxylic acids is 1. The summed E-state index contributed by atoms with van der Waals surface area (Å²) in [6, 6.07) is 5.15. The van der Waals surface area contributed by atoms with E-state index in [1.54, 1.807) is 19.2 Å². The van der Waals surface area contributed by atoms with Crippen LogP contribution in [0.3, 0.4) is 0 Å². The third kappa shape index (κ3) is 2.39. The van der Waals surface area contributed by atoms with Gasteiger partial charge < -0.3 is 4.90 Å². The Morgan fingerprint density at radius 1 is 1.27 bits per heavy atom. The highest BCUT2D eigenvalue weighted by molar-refractivity contribution is 7.89. The average molecular weight is 374 g/mol. The lowest BCUT2D eigenvalue weighted by molar-refractivity contribution is 0.0864. The number of anilines is 1. The zero-order chi connectivity index (χ0) is 18.3. The number of rotatable bonds is 4. The molecule has 5 rings (SSSR count). The molecule has 0 radical (unpaired) electrons. The molecule has 1 aromatic rings. The first-order valence-corrected chi connectivity index (χ1v) is 10.6. The monoisotopic (exact) mass is 374 g/mol. The Morgan fingerprint density at radius 2 is 2.00 bits per heavy atom. The number of carbonyl (C=O) groups is 1. The van der Waals surface area contributed by atoms with Crippen LogP contribution < -0.4 is 9.62 Å². The van der Waals surface area contributed by atoms with Crippen LogP contribution in [0.1, 0.15) is 43.0 Å². The summed E-state index contributed by atoms with van der Waals surface area (Å²) in [6.07, 6.45) is 4.06. The van der Waals surface area contributed by atoms with Crippen LogP contribution in [-0.2, 0) is 10.0 Å². The molecule has 2 fully saturated rings. The number of aliphatic imine (C=N–C) groups is 1. The second kappa shape index (κ2) is 5.07. The van der Waals surface area contributed by atoms with Crippen molar-refractivity contribution in [2.24, 2.45) is 10.9 Å². The lowest BCUT2D eigenvalue weighted by Gasteiger charge is -2.37. The van der Waals surface area contributed by atoms with E-state index in [2.05, 4.69) is 14.6 Å². The molecule has 7 nitrogen and oxygen atoms in total. The van der Waals surface area contributed by atoms with Crippen molar-refractivity contribution in [2.75, 3.05) is 18.5 Å². The fraction of sp³-hybridized carbons (Fsp3) is 0.556. The number of nitrogens with one attached hydrogen (secondary N) is 1. The summed E-state index contributed by atoms with van der Waals surface area (Å²) < 4.78 is 28.1. The zero-order valence-corrected chi connectivity index (χ0v) is 15.7. The van der Waals surface area contributed by atoms with Gasteiger partial charge in [0, 0.05) is 12.6 Å². The van der Waals surface area contributed by atoms with Crippen molar-refractivity contribution in [3.63, 3.8) is 0 Å². The fourth-order valence-corrected chi connectivity index (χ4v) is 5.38. The summed E-state index contributed by atoms with van der Waals surface area (Å²) in [7, 11) is -1.93. The maximum absolute atomic E-state index is 12.8. The van der Waals surface area contributed by atoms with Crippen molar-refractivity contribution in [3.05, 3.63) is 23.8 Å². The number of guanidine groups is 1. The lowest BCUT2D eigenvalue weighted by atomic mass is 10.0. The number of hydrogen-bond donors (Lipinski definition) is 1. The van der Waals surface area contributed by atoms with Gasteiger partial charge >= 0.3 is 0 Å². The maximum atomic E-state index is 12.8. The Bertz CT molecular complexity index is 947. The molecule has 2 saturated carbocycles. The van der Waals surface area contributed by atoms with E-state index >= 15 is 0 Å². The summed E-state index contributed by atoms with van der Waals surface area (Å²) in [5, 5.41) is 0. The van der Waals surface area contributed by atoms with Crippen LogP contribution in [0.25, 0.3) is 0 Å². The molecule has 2 heterocycles. The third-order valence-corrected chi connectivity index (χ3v) is 7.52. The second-order valence-corrected chi connectivity index (χ2v) is 9.81. The summed E-state index contributed by atoms with van der Waals surface area (Å²) in [5.41, 5.74) is 0.863. The van der Waals surface area contributed by atoms with Gasteiger partial charge in [-0.05, 0) is 56.7 Å². The van der Waals surface area contributed by atoms with Gasteiger partial charge in [-0.3, -0.25) is 14.7 Å². The van der Waals surface area contributed by atoms with Gasteiger partial charge in [-0.2, -0.15) is 0 Å². The van der Waals surface area contributed by atoms with Crippen molar-refractivity contribution in [2.45, 2.75) is 49.1 Å². The molecule has 1 unspecified atom stereocenters. The van der Waals surface area contributed by atoms with Gasteiger partial charge in [0.25, 0.3) is 5.91 Å². The Labute approximate surface area is 153 Å². The highest BCUT2D eigenvalue weighted by atomic mass is 32.2. The van der Waals surface area contributed by atoms with Crippen LogP contribution >= 0.6 is 0 Å². The van der Waals surface area contributed by atoms with Crippen LogP contribution in [0.5, 0.6) is 0 Å². The zero-order valence-electron chi connectivity index (χ0n) is 14.9. The lowest BCUT2D eigenvalue weighted by Crippen LogP contribution is -2.51. The van der Waals surface area contributed by atoms with E-state index in [4.69, 9.17) is 0 Å².